The van der Waals surface area contributed by atoms with Gasteiger partial charge in [0.2, 0.25) is 0 Å². The second-order valence-electron chi connectivity index (χ2n) is 5.23. The Morgan fingerprint density at radius 2 is 1.81 bits per heavy atom. The number of anilines is 1. The van der Waals surface area contributed by atoms with Crippen molar-refractivity contribution < 1.29 is 8.78 Å². The van der Waals surface area contributed by atoms with Gasteiger partial charge in [-0.15, -0.1) is 0 Å². The summed E-state index contributed by atoms with van der Waals surface area (Å²) in [6.07, 6.45) is -1.69. The predicted molar refractivity (Wildman–Crippen MR) is 78.8 cm³/mol. The number of nitrogens with zero attached hydrogens (tertiary/aromatic N) is 2. The first-order valence-corrected chi connectivity index (χ1v) is 6.72. The van der Waals surface area contributed by atoms with E-state index in [1.54, 1.807) is 18.2 Å². The van der Waals surface area contributed by atoms with Crippen molar-refractivity contribution in [1.29, 1.82) is 0 Å². The topological polar surface area (TPSA) is 63.8 Å². The maximum Gasteiger partial charge on any atom is 0.263 e. The van der Waals surface area contributed by atoms with Crippen LogP contribution >= 0.6 is 0 Å². The lowest BCUT2D eigenvalue weighted by atomic mass is 10.1. The fourth-order valence-corrected chi connectivity index (χ4v) is 2.00. The normalized spacial score (nSPS) is 11.2. The Morgan fingerprint density at radius 1 is 1.14 bits per heavy atom. The van der Waals surface area contributed by atoms with E-state index in [1.165, 1.54) is 12.1 Å². The van der Waals surface area contributed by atoms with Crippen LogP contribution in [0.5, 0.6) is 0 Å². The van der Waals surface area contributed by atoms with E-state index in [0.717, 1.165) is 12.1 Å². The van der Waals surface area contributed by atoms with Crippen LogP contribution in [0.3, 0.4) is 0 Å². The first-order chi connectivity index (χ1) is 9.99. The number of hydrogen-bond donors (Lipinski definition) is 2. The zero-order valence-corrected chi connectivity index (χ0v) is 12.0. The molecule has 0 fully saturated rings. The number of rotatable bonds is 5. The van der Waals surface area contributed by atoms with Gasteiger partial charge in [0.1, 0.15) is 5.82 Å². The summed E-state index contributed by atoms with van der Waals surface area (Å²) < 4.78 is 25.1. The van der Waals surface area contributed by atoms with Crippen molar-refractivity contribution in [2.45, 2.75) is 26.7 Å². The molecule has 21 heavy (non-hydrogen) atoms. The van der Waals surface area contributed by atoms with Crippen molar-refractivity contribution in [3.63, 3.8) is 0 Å². The van der Waals surface area contributed by atoms with Crippen molar-refractivity contribution >= 4 is 5.82 Å². The first kappa shape index (κ1) is 15.3. The van der Waals surface area contributed by atoms with Crippen molar-refractivity contribution in [1.82, 2.24) is 9.97 Å². The highest BCUT2D eigenvalue weighted by Crippen LogP contribution is 2.23. The first-order valence-electron chi connectivity index (χ1n) is 6.72. The van der Waals surface area contributed by atoms with Gasteiger partial charge in [-0.3, -0.25) is 0 Å². The molecule has 1 aromatic heterocycles. The molecule has 4 nitrogen and oxygen atoms in total. The molecule has 0 saturated carbocycles. The molecule has 6 heteroatoms. The van der Waals surface area contributed by atoms with Gasteiger partial charge in [-0.1, -0.05) is 38.1 Å². The molecule has 2 aromatic rings. The molecule has 0 radical (unpaired) electrons. The maximum atomic E-state index is 12.6. The predicted octanol–water partition coefficient (Wildman–Crippen LogP) is 3.57. The van der Waals surface area contributed by atoms with Crippen LogP contribution in [0.4, 0.5) is 14.6 Å². The Morgan fingerprint density at radius 3 is 2.33 bits per heavy atom. The lowest BCUT2D eigenvalue weighted by Crippen LogP contribution is -2.11. The summed E-state index contributed by atoms with van der Waals surface area (Å²) in [5.74, 6) is 6.85. The van der Waals surface area contributed by atoms with Gasteiger partial charge in [-0.25, -0.2) is 24.6 Å². The quantitative estimate of drug-likeness (QED) is 0.653. The fourth-order valence-electron chi connectivity index (χ4n) is 2.00. The smallest absolute Gasteiger partial charge is 0.263 e. The highest BCUT2D eigenvalue weighted by Gasteiger charge is 2.10. The minimum Gasteiger partial charge on any atom is -0.308 e. The van der Waals surface area contributed by atoms with Crippen LogP contribution in [-0.2, 0) is 6.42 Å². The summed E-state index contributed by atoms with van der Waals surface area (Å²) in [5, 5.41) is 0. The van der Waals surface area contributed by atoms with Gasteiger partial charge in [0, 0.05) is 22.9 Å². The molecule has 0 unspecified atom stereocenters. The van der Waals surface area contributed by atoms with Crippen LogP contribution in [0.1, 0.15) is 31.5 Å². The zero-order valence-electron chi connectivity index (χ0n) is 12.0. The number of aromatic nitrogens is 2. The van der Waals surface area contributed by atoms with Crippen molar-refractivity contribution in [2.75, 3.05) is 5.43 Å². The Bertz CT molecular complexity index is 597. The number of hydrazine groups is 1. The van der Waals surface area contributed by atoms with Crippen molar-refractivity contribution in [3.8, 4) is 11.4 Å². The van der Waals surface area contributed by atoms with E-state index in [0.29, 0.717) is 23.1 Å². The Labute approximate surface area is 122 Å². The summed E-state index contributed by atoms with van der Waals surface area (Å²) in [4.78, 5) is 8.74. The van der Waals surface area contributed by atoms with Crippen LogP contribution in [-0.4, -0.2) is 9.97 Å². The molecule has 1 aromatic carbocycles. The number of alkyl halides is 2. The second kappa shape index (κ2) is 6.58. The van der Waals surface area contributed by atoms with Gasteiger partial charge in [0.05, 0.1) is 0 Å². The average molecular weight is 292 g/mol. The molecule has 0 saturated heterocycles. The molecular formula is C15H18F2N4. The van der Waals surface area contributed by atoms with Gasteiger partial charge in [-0.2, -0.15) is 0 Å². The summed E-state index contributed by atoms with van der Waals surface area (Å²) in [6, 6.07) is 7.74. The standard InChI is InChI=1S/C15H18F2N4/c1-9(2)7-12-8-13(21-18)20-15(19-12)11-5-3-10(4-6-11)14(16)17/h3-6,8-9,14H,7,18H2,1-2H3,(H,19,20,21). The third-order valence-corrected chi connectivity index (χ3v) is 2.97. The Balaban J connectivity index is 2.37. The van der Waals surface area contributed by atoms with Crippen LogP contribution in [0, 0.1) is 5.92 Å². The molecule has 1 heterocycles. The SMILES string of the molecule is CC(C)Cc1cc(NN)nc(-c2ccc(C(F)F)cc2)n1. The van der Waals surface area contributed by atoms with Gasteiger partial charge in [-0.05, 0) is 12.3 Å². The minimum absolute atomic E-state index is 0.0192. The molecule has 0 atom stereocenters. The van der Waals surface area contributed by atoms with Gasteiger partial charge in [0.25, 0.3) is 6.43 Å². The summed E-state index contributed by atoms with van der Waals surface area (Å²) in [5.41, 5.74) is 4.03. The number of nitrogens with one attached hydrogen (secondary N) is 1. The molecule has 112 valence electrons. The highest BCUT2D eigenvalue weighted by molar-refractivity contribution is 5.58. The van der Waals surface area contributed by atoms with E-state index >= 15 is 0 Å². The zero-order chi connectivity index (χ0) is 15.4. The molecule has 0 aliphatic heterocycles. The van der Waals surface area contributed by atoms with Crippen LogP contribution in [0.25, 0.3) is 11.4 Å². The molecule has 3 N–H and O–H groups in total. The third kappa shape index (κ3) is 3.95. The molecule has 2 rings (SSSR count). The van der Waals surface area contributed by atoms with Gasteiger partial charge >= 0.3 is 0 Å². The lowest BCUT2D eigenvalue weighted by molar-refractivity contribution is 0.151. The van der Waals surface area contributed by atoms with Gasteiger partial charge in [0.15, 0.2) is 5.82 Å². The molecular weight excluding hydrogens is 274 g/mol. The maximum absolute atomic E-state index is 12.6. The summed E-state index contributed by atoms with van der Waals surface area (Å²) in [7, 11) is 0. The van der Waals surface area contributed by atoms with E-state index in [-0.39, 0.29) is 5.56 Å². The van der Waals surface area contributed by atoms with Crippen molar-refractivity contribution in [2.24, 2.45) is 11.8 Å². The van der Waals surface area contributed by atoms with E-state index in [1.807, 2.05) is 0 Å². The lowest BCUT2D eigenvalue weighted by Gasteiger charge is -2.10. The monoisotopic (exact) mass is 292 g/mol. The largest absolute Gasteiger partial charge is 0.308 e. The van der Waals surface area contributed by atoms with E-state index < -0.39 is 6.43 Å². The molecule has 0 aliphatic rings. The minimum atomic E-state index is -2.48. The number of hydrogen-bond acceptors (Lipinski definition) is 4. The molecule has 0 bridgehead atoms. The summed E-state index contributed by atoms with van der Waals surface area (Å²) >= 11 is 0. The second-order valence-corrected chi connectivity index (χ2v) is 5.23. The number of halogens is 2. The fraction of sp³-hybridized carbons (Fsp3) is 0.333. The van der Waals surface area contributed by atoms with Crippen molar-refractivity contribution in [3.05, 3.63) is 41.6 Å². The van der Waals surface area contributed by atoms with Crippen LogP contribution < -0.4 is 11.3 Å². The number of nitrogens with two attached hydrogens (primary N) is 1. The number of benzene rings is 1. The van der Waals surface area contributed by atoms with E-state index in [4.69, 9.17) is 5.84 Å². The Hall–Kier alpha value is -2.08. The summed E-state index contributed by atoms with van der Waals surface area (Å²) in [6.45, 7) is 4.18. The average Bonchev–Trinajstić information content (AvgIpc) is 2.46. The Kier molecular flexibility index (Phi) is 4.80. The third-order valence-electron chi connectivity index (χ3n) is 2.97. The highest BCUT2D eigenvalue weighted by atomic mass is 19.3. The molecule has 0 amide bonds. The molecule has 0 aliphatic carbocycles. The van der Waals surface area contributed by atoms with E-state index in [2.05, 4.69) is 29.2 Å². The molecule has 0 spiro atoms. The van der Waals surface area contributed by atoms with Crippen LogP contribution in [0.2, 0.25) is 0 Å². The van der Waals surface area contributed by atoms with Gasteiger partial charge < -0.3 is 5.43 Å². The van der Waals surface area contributed by atoms with Crippen LogP contribution in [0.15, 0.2) is 30.3 Å². The number of nitrogen functional groups attached to an aromatic ring is 1. The van der Waals surface area contributed by atoms with E-state index in [9.17, 15) is 8.78 Å².